The van der Waals surface area contributed by atoms with Crippen molar-refractivity contribution in [3.8, 4) is 0 Å². The van der Waals surface area contributed by atoms with Gasteiger partial charge in [-0.2, -0.15) is 0 Å². The number of β-lactam (4-membered cyclic amide) rings is 1. The minimum absolute atomic E-state index is 0.157. The lowest BCUT2D eigenvalue weighted by atomic mass is 9.79. The first-order chi connectivity index (χ1) is 11.5. The van der Waals surface area contributed by atoms with Crippen molar-refractivity contribution in [3.05, 3.63) is 35.5 Å². The highest BCUT2D eigenvalue weighted by molar-refractivity contribution is 8.01. The maximum Gasteiger partial charge on any atom is 0.232 e. The van der Waals surface area contributed by atoms with E-state index in [4.69, 9.17) is 4.98 Å². The topological polar surface area (TPSA) is 33.2 Å². The second kappa shape index (κ2) is 6.12. The molecule has 0 N–H and O–H groups in total. The molecule has 1 fully saturated rings. The lowest BCUT2D eigenvalue weighted by molar-refractivity contribution is -0.152. The first-order valence-corrected chi connectivity index (χ1v) is 10.7. The van der Waals surface area contributed by atoms with Crippen LogP contribution in [0.3, 0.4) is 0 Å². The van der Waals surface area contributed by atoms with Gasteiger partial charge in [-0.15, -0.1) is 20.6 Å². The average Bonchev–Trinajstić information content (AvgIpc) is 3.02. The van der Waals surface area contributed by atoms with Crippen LogP contribution in [0.4, 0.5) is 0 Å². The van der Waals surface area contributed by atoms with Gasteiger partial charge in [0.15, 0.2) is 4.34 Å². The highest BCUT2D eigenvalue weighted by atomic mass is 32.2. The summed E-state index contributed by atoms with van der Waals surface area (Å²) >= 11 is 3.55. The molecule has 3 heterocycles. The van der Waals surface area contributed by atoms with Crippen molar-refractivity contribution in [2.24, 2.45) is 11.8 Å². The van der Waals surface area contributed by atoms with Crippen molar-refractivity contribution < 1.29 is 4.79 Å². The Labute approximate surface area is 153 Å². The van der Waals surface area contributed by atoms with E-state index in [9.17, 15) is 4.79 Å². The van der Waals surface area contributed by atoms with Gasteiger partial charge >= 0.3 is 0 Å². The Hall–Kier alpha value is -0.900. The summed E-state index contributed by atoms with van der Waals surface area (Å²) in [5, 5.41) is 0. The number of hydrogen-bond donors (Lipinski definition) is 0. The molecule has 0 saturated carbocycles. The molecule has 1 amide bonds. The van der Waals surface area contributed by atoms with E-state index in [-0.39, 0.29) is 5.92 Å². The first-order valence-electron chi connectivity index (χ1n) is 8.25. The van der Waals surface area contributed by atoms with Crippen LogP contribution in [0.5, 0.6) is 0 Å². The van der Waals surface area contributed by atoms with Crippen LogP contribution in [0.15, 0.2) is 39.9 Å². The number of fused-ring (bicyclic) bond motifs is 2. The largest absolute Gasteiger partial charge is 0.312 e. The van der Waals surface area contributed by atoms with E-state index in [1.54, 1.807) is 23.1 Å². The molecule has 2 aliphatic rings. The molecule has 1 unspecified atom stereocenters. The number of aromatic nitrogens is 1. The average molecular weight is 376 g/mol. The Morgan fingerprint density at radius 1 is 1.42 bits per heavy atom. The summed E-state index contributed by atoms with van der Waals surface area (Å²) in [6, 6.07) is 8.63. The lowest BCUT2D eigenvalue weighted by Gasteiger charge is -2.47. The number of hydrogen-bond acceptors (Lipinski definition) is 4. The zero-order chi connectivity index (χ0) is 17.0. The van der Waals surface area contributed by atoms with E-state index in [0.29, 0.717) is 23.5 Å². The summed E-state index contributed by atoms with van der Waals surface area (Å²) in [5.74, 6) is 1.82. The molecule has 5 atom stereocenters. The molecule has 1 saturated heterocycles. The van der Waals surface area contributed by atoms with Crippen molar-refractivity contribution in [2.45, 2.75) is 36.8 Å². The molecule has 1 aromatic carbocycles. The Bertz CT molecular complexity index is 811. The third-order valence-electron chi connectivity index (χ3n) is 5.27. The van der Waals surface area contributed by atoms with E-state index in [0.717, 1.165) is 15.6 Å². The number of thioether (sulfide) groups is 1. The lowest BCUT2D eigenvalue weighted by Crippen LogP contribution is -2.61. The SMILES string of the molecule is CC1=C(CSc2nc3ccccc3s2)[C@H](C)[C@@H]2[C@@H]([C@@H](C)P)C(=O)N12. The van der Waals surface area contributed by atoms with Gasteiger partial charge in [-0.25, -0.2) is 4.98 Å². The monoisotopic (exact) mass is 376 g/mol. The van der Waals surface area contributed by atoms with Crippen LogP contribution >= 0.6 is 32.3 Å². The minimum atomic E-state index is 0.157. The number of carbonyl (C=O) groups is 1. The Morgan fingerprint density at radius 3 is 2.88 bits per heavy atom. The molecule has 3 nitrogen and oxygen atoms in total. The number of benzene rings is 1. The van der Waals surface area contributed by atoms with Gasteiger partial charge in [0.25, 0.3) is 0 Å². The predicted molar refractivity (Wildman–Crippen MR) is 106 cm³/mol. The van der Waals surface area contributed by atoms with Crippen molar-refractivity contribution in [3.63, 3.8) is 0 Å². The van der Waals surface area contributed by atoms with Crippen molar-refractivity contribution in [1.82, 2.24) is 9.88 Å². The van der Waals surface area contributed by atoms with Gasteiger partial charge in [-0.1, -0.05) is 37.7 Å². The molecule has 126 valence electrons. The molecule has 0 bridgehead atoms. The maximum absolute atomic E-state index is 12.4. The maximum atomic E-state index is 12.4. The number of rotatable bonds is 4. The summed E-state index contributed by atoms with van der Waals surface area (Å²) in [6.45, 7) is 6.50. The summed E-state index contributed by atoms with van der Waals surface area (Å²) < 4.78 is 2.35. The Kier molecular flexibility index (Phi) is 4.22. The van der Waals surface area contributed by atoms with Crippen LogP contribution < -0.4 is 0 Å². The first kappa shape index (κ1) is 16.6. The molecular weight excluding hydrogens is 355 g/mol. The highest BCUT2D eigenvalue weighted by Crippen LogP contribution is 2.49. The molecule has 1 aromatic heterocycles. The van der Waals surface area contributed by atoms with Gasteiger partial charge in [-0.3, -0.25) is 4.79 Å². The fourth-order valence-corrected chi connectivity index (χ4v) is 6.65. The Morgan fingerprint density at radius 2 is 2.17 bits per heavy atom. The van der Waals surface area contributed by atoms with Crippen LogP contribution in [-0.4, -0.2) is 33.2 Å². The van der Waals surface area contributed by atoms with Gasteiger partial charge in [0.05, 0.1) is 22.2 Å². The van der Waals surface area contributed by atoms with E-state index in [2.05, 4.69) is 48.2 Å². The number of nitrogens with zero attached hydrogens (tertiary/aromatic N) is 2. The van der Waals surface area contributed by atoms with E-state index < -0.39 is 0 Å². The number of allylic oxidation sites excluding steroid dienone is 1. The second-order valence-electron chi connectivity index (χ2n) is 6.72. The van der Waals surface area contributed by atoms with E-state index >= 15 is 0 Å². The van der Waals surface area contributed by atoms with Crippen molar-refractivity contribution in [1.29, 1.82) is 0 Å². The molecule has 4 rings (SSSR count). The molecule has 2 aromatic rings. The second-order valence-corrected chi connectivity index (χ2v) is 10.0. The van der Waals surface area contributed by atoms with Gasteiger partial charge in [0, 0.05) is 17.4 Å². The number of carbonyl (C=O) groups excluding carboxylic acids is 1. The number of thiazole rings is 1. The minimum Gasteiger partial charge on any atom is -0.312 e. The normalized spacial score (nSPS) is 27.6. The van der Waals surface area contributed by atoms with Crippen LogP contribution in [0, 0.1) is 11.8 Å². The molecule has 6 heteroatoms. The van der Waals surface area contributed by atoms with Gasteiger partial charge in [0.1, 0.15) is 0 Å². The molecule has 0 spiro atoms. The van der Waals surface area contributed by atoms with Crippen molar-refractivity contribution in [2.75, 3.05) is 5.75 Å². The predicted octanol–water partition coefficient (Wildman–Crippen LogP) is 4.40. The fraction of sp³-hybridized carbons (Fsp3) is 0.444. The standard InChI is InChI=1S/C18H21N2OPS2/c1-9-12(10(2)20-16(9)15(11(3)22)17(20)21)8-23-18-19-13-6-4-5-7-14(13)24-18/h4-7,9,11,15-16H,8,22H2,1-3H3/t9-,11+,15+,16+/m0/s1. The van der Waals surface area contributed by atoms with Crippen molar-refractivity contribution >= 4 is 48.5 Å². The van der Waals surface area contributed by atoms with Gasteiger partial charge in [0.2, 0.25) is 5.91 Å². The quantitative estimate of drug-likeness (QED) is 0.450. The molecule has 0 aliphatic carbocycles. The van der Waals surface area contributed by atoms with Gasteiger partial charge in [-0.05, 0) is 30.3 Å². The van der Waals surface area contributed by atoms with Crippen LogP contribution in [0.2, 0.25) is 0 Å². The summed E-state index contributed by atoms with van der Waals surface area (Å²) in [6.07, 6.45) is 0. The van der Waals surface area contributed by atoms with E-state index in [1.165, 1.54) is 16.0 Å². The molecule has 2 aliphatic heterocycles. The zero-order valence-corrected chi connectivity index (χ0v) is 16.8. The third kappa shape index (κ3) is 2.44. The van der Waals surface area contributed by atoms with E-state index in [1.807, 2.05) is 11.0 Å². The molecule has 0 radical (unpaired) electrons. The number of para-hydroxylation sites is 1. The van der Waals surface area contributed by atoms with Crippen LogP contribution in [0.25, 0.3) is 10.2 Å². The van der Waals surface area contributed by atoms with Crippen LogP contribution in [0.1, 0.15) is 20.8 Å². The molecule has 24 heavy (non-hydrogen) atoms. The highest BCUT2D eigenvalue weighted by Gasteiger charge is 2.56. The molecular formula is C18H21N2OPS2. The Balaban J connectivity index is 1.52. The zero-order valence-electron chi connectivity index (χ0n) is 14.0. The summed E-state index contributed by atoms with van der Waals surface area (Å²) in [5.41, 5.74) is 4.00. The van der Waals surface area contributed by atoms with Crippen LogP contribution in [-0.2, 0) is 4.79 Å². The third-order valence-corrected chi connectivity index (χ3v) is 7.91. The smallest absolute Gasteiger partial charge is 0.232 e. The fourth-order valence-electron chi connectivity index (χ4n) is 3.97. The number of amides is 1. The summed E-state index contributed by atoms with van der Waals surface area (Å²) in [7, 11) is 2.81. The summed E-state index contributed by atoms with van der Waals surface area (Å²) in [4.78, 5) is 19.2. The van der Waals surface area contributed by atoms with Gasteiger partial charge < -0.3 is 4.90 Å².